The van der Waals surface area contributed by atoms with Crippen molar-refractivity contribution >= 4 is 23.1 Å². The van der Waals surface area contributed by atoms with Crippen LogP contribution in [0.5, 0.6) is 0 Å². The minimum absolute atomic E-state index is 0.0511. The third kappa shape index (κ3) is 4.31. The van der Waals surface area contributed by atoms with Gasteiger partial charge in [0.2, 0.25) is 0 Å². The molecule has 0 aliphatic heterocycles. The van der Waals surface area contributed by atoms with Crippen LogP contribution in [0.2, 0.25) is 0 Å². The zero-order valence-corrected chi connectivity index (χ0v) is 14.9. The molecule has 0 saturated heterocycles. The predicted molar refractivity (Wildman–Crippen MR) is 88.9 cm³/mol. The molecule has 1 atom stereocenters. The van der Waals surface area contributed by atoms with E-state index in [2.05, 4.69) is 40.7 Å². The summed E-state index contributed by atoms with van der Waals surface area (Å²) in [4.78, 5) is 9.10. The fraction of sp³-hybridized carbons (Fsp3) is 0.600. The first-order valence-electron chi connectivity index (χ1n) is 7.14. The van der Waals surface area contributed by atoms with Crippen LogP contribution in [-0.2, 0) is 16.0 Å². The zero-order valence-electron chi connectivity index (χ0n) is 13.3. The van der Waals surface area contributed by atoms with Crippen LogP contribution in [0.3, 0.4) is 0 Å². The number of hydrogen-bond donors (Lipinski definition) is 0. The number of hydrogen-bond acceptors (Lipinski definition) is 5. The second-order valence-corrected chi connectivity index (χ2v) is 7.65. The first kappa shape index (κ1) is 16.5. The number of ether oxygens (including phenoxy) is 1. The van der Waals surface area contributed by atoms with Crippen molar-refractivity contribution in [1.82, 2.24) is 14.5 Å². The molecular formula is C15H23N3OS2. The second kappa shape index (κ2) is 6.94. The van der Waals surface area contributed by atoms with Crippen LogP contribution in [0.25, 0.3) is 0 Å². The quantitative estimate of drug-likeness (QED) is 0.734. The highest BCUT2D eigenvalue weighted by Crippen LogP contribution is 2.28. The highest BCUT2D eigenvalue weighted by molar-refractivity contribution is 7.98. The van der Waals surface area contributed by atoms with Gasteiger partial charge in [-0.2, -0.15) is 0 Å². The third-order valence-corrected chi connectivity index (χ3v) is 5.07. The SMILES string of the molecule is CCOC(C)c1nc(CSc2nccn2C(C)(C)C)cs1. The number of thioether (sulfide) groups is 1. The Bertz CT molecular complexity index is 571. The van der Waals surface area contributed by atoms with E-state index in [1.165, 1.54) is 0 Å². The van der Waals surface area contributed by atoms with Crippen LogP contribution in [0, 0.1) is 0 Å². The van der Waals surface area contributed by atoms with Gasteiger partial charge >= 0.3 is 0 Å². The van der Waals surface area contributed by atoms with Crippen molar-refractivity contribution in [1.29, 1.82) is 0 Å². The van der Waals surface area contributed by atoms with Crippen molar-refractivity contribution in [2.75, 3.05) is 6.61 Å². The van der Waals surface area contributed by atoms with E-state index >= 15 is 0 Å². The standard InChI is InChI=1S/C15H23N3OS2/c1-6-19-11(2)13-17-12(9-20-13)10-21-14-16-7-8-18(14)15(3,4)5/h7-9,11H,6,10H2,1-5H3. The Labute approximate surface area is 135 Å². The lowest BCUT2D eigenvalue weighted by Gasteiger charge is -2.22. The Morgan fingerprint density at radius 3 is 2.86 bits per heavy atom. The molecule has 1 unspecified atom stereocenters. The van der Waals surface area contributed by atoms with E-state index in [0.29, 0.717) is 6.61 Å². The molecule has 21 heavy (non-hydrogen) atoms. The lowest BCUT2D eigenvalue weighted by atomic mass is 10.1. The molecule has 0 N–H and O–H groups in total. The Morgan fingerprint density at radius 1 is 1.43 bits per heavy atom. The Balaban J connectivity index is 2.00. The molecule has 116 valence electrons. The molecule has 2 aromatic heterocycles. The zero-order chi connectivity index (χ0) is 15.5. The first-order chi connectivity index (χ1) is 9.91. The maximum absolute atomic E-state index is 5.58. The van der Waals surface area contributed by atoms with Crippen LogP contribution in [-0.4, -0.2) is 21.1 Å². The number of thiazole rings is 1. The van der Waals surface area contributed by atoms with E-state index in [1.54, 1.807) is 23.1 Å². The molecular weight excluding hydrogens is 302 g/mol. The maximum atomic E-state index is 5.58. The number of nitrogens with zero attached hydrogens (tertiary/aromatic N) is 3. The lowest BCUT2D eigenvalue weighted by molar-refractivity contribution is 0.0761. The molecule has 4 nitrogen and oxygen atoms in total. The molecule has 0 saturated carbocycles. The summed E-state index contributed by atoms with van der Waals surface area (Å²) in [6, 6.07) is 0. The van der Waals surface area contributed by atoms with Gasteiger partial charge in [-0.25, -0.2) is 9.97 Å². The summed E-state index contributed by atoms with van der Waals surface area (Å²) in [5.74, 6) is 0.836. The summed E-state index contributed by atoms with van der Waals surface area (Å²) in [5, 5.41) is 4.20. The van der Waals surface area contributed by atoms with Gasteiger partial charge in [-0.1, -0.05) is 11.8 Å². The van der Waals surface area contributed by atoms with Crippen LogP contribution in [0.15, 0.2) is 22.9 Å². The van der Waals surface area contributed by atoms with E-state index in [1.807, 2.05) is 26.2 Å². The normalized spacial score (nSPS) is 13.6. The van der Waals surface area contributed by atoms with Crippen molar-refractivity contribution in [3.63, 3.8) is 0 Å². The van der Waals surface area contributed by atoms with Crippen LogP contribution < -0.4 is 0 Å². The summed E-state index contributed by atoms with van der Waals surface area (Å²) in [6.07, 6.45) is 3.97. The molecule has 0 radical (unpaired) electrons. The van der Waals surface area contributed by atoms with Gasteiger partial charge in [-0.3, -0.25) is 0 Å². The molecule has 0 amide bonds. The molecule has 0 aliphatic carbocycles. The van der Waals surface area contributed by atoms with Crippen LogP contribution in [0.1, 0.15) is 51.4 Å². The Kier molecular flexibility index (Phi) is 5.46. The van der Waals surface area contributed by atoms with Crippen molar-refractivity contribution in [2.45, 2.75) is 57.2 Å². The summed E-state index contributed by atoms with van der Waals surface area (Å²) in [5.41, 5.74) is 1.14. The molecule has 0 aliphatic rings. The highest BCUT2D eigenvalue weighted by Gasteiger charge is 2.17. The molecule has 2 aromatic rings. The highest BCUT2D eigenvalue weighted by atomic mass is 32.2. The minimum Gasteiger partial charge on any atom is -0.372 e. The summed E-state index contributed by atoms with van der Waals surface area (Å²) < 4.78 is 7.78. The molecule has 6 heteroatoms. The minimum atomic E-state index is 0.0511. The molecule has 2 rings (SSSR count). The van der Waals surface area contributed by atoms with Gasteiger partial charge in [0, 0.05) is 35.7 Å². The van der Waals surface area contributed by atoms with Gasteiger partial charge in [0.15, 0.2) is 5.16 Å². The number of aromatic nitrogens is 3. The van der Waals surface area contributed by atoms with Gasteiger partial charge in [0.25, 0.3) is 0 Å². The Hall–Kier alpha value is -0.850. The van der Waals surface area contributed by atoms with Crippen molar-refractivity contribution in [2.24, 2.45) is 0 Å². The summed E-state index contributed by atoms with van der Waals surface area (Å²) in [6.45, 7) is 11.3. The largest absolute Gasteiger partial charge is 0.372 e. The van der Waals surface area contributed by atoms with Gasteiger partial charge < -0.3 is 9.30 Å². The third-order valence-electron chi connectivity index (χ3n) is 3.01. The van der Waals surface area contributed by atoms with E-state index in [-0.39, 0.29) is 11.6 Å². The lowest BCUT2D eigenvalue weighted by Crippen LogP contribution is -2.21. The fourth-order valence-electron chi connectivity index (χ4n) is 1.94. The maximum Gasteiger partial charge on any atom is 0.168 e. The van der Waals surface area contributed by atoms with Gasteiger partial charge in [-0.05, 0) is 34.6 Å². The second-order valence-electron chi connectivity index (χ2n) is 5.81. The van der Waals surface area contributed by atoms with Gasteiger partial charge in [-0.15, -0.1) is 11.3 Å². The van der Waals surface area contributed by atoms with E-state index < -0.39 is 0 Å². The van der Waals surface area contributed by atoms with Crippen molar-refractivity contribution in [3.05, 3.63) is 28.5 Å². The first-order valence-corrected chi connectivity index (χ1v) is 9.01. The fourth-order valence-corrected chi connectivity index (χ4v) is 3.90. The van der Waals surface area contributed by atoms with Crippen LogP contribution in [0.4, 0.5) is 0 Å². The molecule has 2 heterocycles. The average molecular weight is 326 g/mol. The van der Waals surface area contributed by atoms with Crippen molar-refractivity contribution < 1.29 is 4.74 Å². The number of rotatable bonds is 6. The van der Waals surface area contributed by atoms with Crippen LogP contribution >= 0.6 is 23.1 Å². The van der Waals surface area contributed by atoms with Gasteiger partial charge in [0.1, 0.15) is 11.1 Å². The number of imidazole rings is 1. The summed E-state index contributed by atoms with van der Waals surface area (Å²) >= 11 is 3.40. The smallest absolute Gasteiger partial charge is 0.168 e. The monoisotopic (exact) mass is 325 g/mol. The molecule has 0 spiro atoms. The molecule has 0 aromatic carbocycles. The molecule has 0 bridgehead atoms. The van der Waals surface area contributed by atoms with E-state index in [4.69, 9.17) is 4.74 Å². The Morgan fingerprint density at radius 2 is 2.19 bits per heavy atom. The van der Waals surface area contributed by atoms with Crippen molar-refractivity contribution in [3.8, 4) is 0 Å². The topological polar surface area (TPSA) is 39.9 Å². The summed E-state index contributed by atoms with van der Waals surface area (Å²) in [7, 11) is 0. The average Bonchev–Trinajstić information content (AvgIpc) is 3.05. The van der Waals surface area contributed by atoms with E-state index in [0.717, 1.165) is 21.6 Å². The van der Waals surface area contributed by atoms with E-state index in [9.17, 15) is 0 Å². The predicted octanol–water partition coefficient (Wildman–Crippen LogP) is 4.48. The van der Waals surface area contributed by atoms with Gasteiger partial charge in [0.05, 0.1) is 5.69 Å². The molecule has 0 fully saturated rings.